The first-order valence-corrected chi connectivity index (χ1v) is 7.54. The van der Waals surface area contributed by atoms with Crippen molar-refractivity contribution < 1.29 is 9.53 Å². The van der Waals surface area contributed by atoms with Gasteiger partial charge in [-0.3, -0.25) is 4.79 Å². The van der Waals surface area contributed by atoms with E-state index in [1.165, 1.54) is 18.9 Å². The van der Waals surface area contributed by atoms with Gasteiger partial charge in [-0.05, 0) is 24.3 Å². The van der Waals surface area contributed by atoms with E-state index in [9.17, 15) is 4.79 Å². The number of ether oxygens (including phenoxy) is 1. The van der Waals surface area contributed by atoms with Crippen LogP contribution in [0.1, 0.15) is 5.82 Å². The Balaban J connectivity index is 1.93. The summed E-state index contributed by atoms with van der Waals surface area (Å²) in [6, 6.07) is 7.42. The summed E-state index contributed by atoms with van der Waals surface area (Å²) in [7, 11) is 3.22. The summed E-state index contributed by atoms with van der Waals surface area (Å²) in [5.74, 6) is 0.703. The van der Waals surface area contributed by atoms with Crippen molar-refractivity contribution in [2.24, 2.45) is 7.05 Å². The van der Waals surface area contributed by atoms with Gasteiger partial charge in [-0.25, -0.2) is 0 Å². The van der Waals surface area contributed by atoms with Crippen LogP contribution in [-0.4, -0.2) is 33.6 Å². The first-order valence-electron chi connectivity index (χ1n) is 6.17. The monoisotopic (exact) mass is 326 g/mol. The summed E-state index contributed by atoms with van der Waals surface area (Å²) in [5, 5.41) is 12.8. The fourth-order valence-electron chi connectivity index (χ4n) is 1.56. The summed E-state index contributed by atoms with van der Waals surface area (Å²) >= 11 is 7.13. The van der Waals surface area contributed by atoms with E-state index in [-0.39, 0.29) is 11.7 Å². The molecule has 2 aromatic rings. The highest BCUT2D eigenvalue weighted by Gasteiger charge is 2.11. The zero-order valence-electron chi connectivity index (χ0n) is 11.7. The molecule has 0 bridgehead atoms. The molecule has 1 heterocycles. The molecule has 1 aromatic heterocycles. The molecule has 2 rings (SSSR count). The van der Waals surface area contributed by atoms with E-state index in [0.717, 1.165) is 11.5 Å². The molecule has 0 saturated heterocycles. The van der Waals surface area contributed by atoms with E-state index in [0.29, 0.717) is 16.7 Å². The molecular weight excluding hydrogens is 312 g/mol. The second-order valence-corrected chi connectivity index (χ2v) is 5.56. The van der Waals surface area contributed by atoms with E-state index in [1.807, 2.05) is 35.9 Å². The average molecular weight is 327 g/mol. The molecule has 0 fully saturated rings. The van der Waals surface area contributed by atoms with Gasteiger partial charge in [0.05, 0.1) is 19.4 Å². The number of thioether (sulfide) groups is 1. The number of nitrogens with zero attached hydrogens (tertiary/aromatic N) is 3. The molecule has 0 aliphatic carbocycles. The number of hydrogen-bond donors (Lipinski definition) is 1. The Labute approximate surface area is 131 Å². The Morgan fingerprint density at radius 3 is 2.76 bits per heavy atom. The SMILES string of the molecule is COC(=O)CSc1nnc(CNc2ccc(Cl)cc2)n1C. The van der Waals surface area contributed by atoms with Gasteiger partial charge in [0.15, 0.2) is 11.0 Å². The third-order valence-corrected chi connectivity index (χ3v) is 4.01. The zero-order chi connectivity index (χ0) is 15.2. The summed E-state index contributed by atoms with van der Waals surface area (Å²) in [6.45, 7) is 0.532. The quantitative estimate of drug-likeness (QED) is 0.649. The second kappa shape index (κ2) is 7.33. The molecule has 0 radical (unpaired) electrons. The minimum Gasteiger partial charge on any atom is -0.468 e. The van der Waals surface area contributed by atoms with Gasteiger partial charge in [0, 0.05) is 17.8 Å². The molecule has 6 nitrogen and oxygen atoms in total. The summed E-state index contributed by atoms with van der Waals surface area (Å²) in [4.78, 5) is 11.1. The lowest BCUT2D eigenvalue weighted by Crippen LogP contribution is -2.07. The van der Waals surface area contributed by atoms with Crippen molar-refractivity contribution in [3.8, 4) is 0 Å². The molecule has 0 amide bonds. The highest BCUT2D eigenvalue weighted by molar-refractivity contribution is 7.99. The highest BCUT2D eigenvalue weighted by Crippen LogP contribution is 2.17. The van der Waals surface area contributed by atoms with Gasteiger partial charge in [0.2, 0.25) is 0 Å². The van der Waals surface area contributed by atoms with Gasteiger partial charge >= 0.3 is 5.97 Å². The van der Waals surface area contributed by atoms with Gasteiger partial charge in [-0.1, -0.05) is 23.4 Å². The van der Waals surface area contributed by atoms with Crippen molar-refractivity contribution in [2.45, 2.75) is 11.7 Å². The third-order valence-electron chi connectivity index (χ3n) is 2.77. The lowest BCUT2D eigenvalue weighted by atomic mass is 10.3. The van der Waals surface area contributed by atoms with Crippen LogP contribution in [0.2, 0.25) is 5.02 Å². The molecule has 0 atom stereocenters. The molecule has 0 unspecified atom stereocenters. The Kier molecular flexibility index (Phi) is 5.46. The van der Waals surface area contributed by atoms with E-state index in [1.54, 1.807) is 0 Å². The standard InChI is InChI=1S/C13H15ClN4O2S/c1-18-11(7-15-10-5-3-9(14)4-6-10)16-17-13(18)21-8-12(19)20-2/h3-6,15H,7-8H2,1-2H3. The van der Waals surface area contributed by atoms with Crippen LogP contribution in [0.5, 0.6) is 0 Å². The highest BCUT2D eigenvalue weighted by atomic mass is 35.5. The Bertz CT molecular complexity index is 615. The van der Waals surface area contributed by atoms with Crippen LogP contribution < -0.4 is 5.32 Å². The van der Waals surface area contributed by atoms with Crippen molar-refractivity contribution in [3.63, 3.8) is 0 Å². The molecule has 8 heteroatoms. The number of carbonyl (C=O) groups is 1. The zero-order valence-corrected chi connectivity index (χ0v) is 13.2. The number of hydrogen-bond acceptors (Lipinski definition) is 6. The Hall–Kier alpha value is -1.73. The van der Waals surface area contributed by atoms with Gasteiger partial charge < -0.3 is 14.6 Å². The lowest BCUT2D eigenvalue weighted by molar-refractivity contribution is -0.137. The van der Waals surface area contributed by atoms with Gasteiger partial charge in [-0.15, -0.1) is 10.2 Å². The fourth-order valence-corrected chi connectivity index (χ4v) is 2.44. The molecule has 21 heavy (non-hydrogen) atoms. The second-order valence-electron chi connectivity index (χ2n) is 4.18. The van der Waals surface area contributed by atoms with Crippen LogP contribution in [0.25, 0.3) is 0 Å². The number of nitrogens with one attached hydrogen (secondary N) is 1. The first kappa shape index (κ1) is 15.7. The van der Waals surface area contributed by atoms with Crippen molar-refractivity contribution in [1.82, 2.24) is 14.8 Å². The predicted octanol–water partition coefficient (Wildman–Crippen LogP) is 2.35. The van der Waals surface area contributed by atoms with Crippen LogP contribution in [-0.2, 0) is 23.1 Å². The van der Waals surface area contributed by atoms with Crippen LogP contribution in [0, 0.1) is 0 Å². The maximum absolute atomic E-state index is 11.1. The Morgan fingerprint density at radius 2 is 2.10 bits per heavy atom. The number of anilines is 1. The molecular formula is C13H15ClN4O2S. The lowest BCUT2D eigenvalue weighted by Gasteiger charge is -2.06. The molecule has 0 saturated carbocycles. The molecule has 1 N–H and O–H groups in total. The van der Waals surface area contributed by atoms with E-state index in [2.05, 4.69) is 20.3 Å². The summed E-state index contributed by atoms with van der Waals surface area (Å²) < 4.78 is 6.44. The topological polar surface area (TPSA) is 69.0 Å². The third kappa shape index (κ3) is 4.37. The van der Waals surface area contributed by atoms with Crippen molar-refractivity contribution in [2.75, 3.05) is 18.2 Å². The molecule has 0 aliphatic heterocycles. The molecule has 0 aliphatic rings. The average Bonchev–Trinajstić information content (AvgIpc) is 2.85. The summed E-state index contributed by atoms with van der Waals surface area (Å²) in [6.07, 6.45) is 0. The normalized spacial score (nSPS) is 10.4. The number of esters is 1. The number of carbonyl (C=O) groups excluding carboxylic acids is 1. The minimum atomic E-state index is -0.288. The van der Waals surface area contributed by atoms with Gasteiger partial charge in [-0.2, -0.15) is 0 Å². The minimum absolute atomic E-state index is 0.215. The van der Waals surface area contributed by atoms with E-state index < -0.39 is 0 Å². The van der Waals surface area contributed by atoms with Crippen molar-refractivity contribution in [3.05, 3.63) is 35.1 Å². The van der Waals surface area contributed by atoms with E-state index >= 15 is 0 Å². The largest absolute Gasteiger partial charge is 0.468 e. The van der Waals surface area contributed by atoms with E-state index in [4.69, 9.17) is 11.6 Å². The molecule has 1 aromatic carbocycles. The van der Waals surface area contributed by atoms with Crippen LogP contribution >= 0.6 is 23.4 Å². The number of benzene rings is 1. The van der Waals surface area contributed by atoms with Crippen molar-refractivity contribution >= 4 is 35.0 Å². The van der Waals surface area contributed by atoms with Crippen LogP contribution in [0.3, 0.4) is 0 Å². The van der Waals surface area contributed by atoms with Gasteiger partial charge in [0.25, 0.3) is 0 Å². The Morgan fingerprint density at radius 1 is 1.38 bits per heavy atom. The van der Waals surface area contributed by atoms with Crippen molar-refractivity contribution in [1.29, 1.82) is 0 Å². The number of aromatic nitrogens is 3. The smallest absolute Gasteiger partial charge is 0.316 e. The number of halogens is 1. The maximum atomic E-state index is 11.1. The fraction of sp³-hybridized carbons (Fsp3) is 0.308. The number of rotatable bonds is 6. The number of methoxy groups -OCH3 is 1. The first-order chi connectivity index (χ1) is 10.1. The van der Waals surface area contributed by atoms with Crippen LogP contribution in [0.4, 0.5) is 5.69 Å². The molecule has 0 spiro atoms. The maximum Gasteiger partial charge on any atom is 0.316 e. The predicted molar refractivity (Wildman–Crippen MR) is 82.5 cm³/mol. The summed E-state index contributed by atoms with van der Waals surface area (Å²) in [5.41, 5.74) is 0.950. The van der Waals surface area contributed by atoms with Gasteiger partial charge in [0.1, 0.15) is 0 Å². The van der Waals surface area contributed by atoms with Crippen LogP contribution in [0.15, 0.2) is 29.4 Å². The molecule has 112 valence electrons.